The van der Waals surface area contributed by atoms with Crippen LogP contribution < -0.4 is 4.74 Å². The van der Waals surface area contributed by atoms with Crippen molar-refractivity contribution < 1.29 is 14.9 Å². The number of phenols is 2. The van der Waals surface area contributed by atoms with E-state index in [-0.39, 0.29) is 11.7 Å². The lowest BCUT2D eigenvalue weighted by Crippen LogP contribution is -1.98. The summed E-state index contributed by atoms with van der Waals surface area (Å²) in [6, 6.07) is 19.1. The molecule has 3 rings (SSSR count). The zero-order chi connectivity index (χ0) is 18.7. The third-order valence-electron chi connectivity index (χ3n) is 4.46. The first-order valence-corrected chi connectivity index (χ1v) is 9.24. The molecule has 26 heavy (non-hydrogen) atoms. The molecular formula is C22H22O3S. The van der Waals surface area contributed by atoms with Crippen LogP contribution in [0.25, 0.3) is 0 Å². The van der Waals surface area contributed by atoms with Gasteiger partial charge in [0, 0.05) is 21.3 Å². The summed E-state index contributed by atoms with van der Waals surface area (Å²) in [5, 5.41) is 20.0. The van der Waals surface area contributed by atoms with Crippen molar-refractivity contribution in [2.45, 2.75) is 29.6 Å². The predicted molar refractivity (Wildman–Crippen MR) is 106 cm³/mol. The normalized spacial score (nSPS) is 12.0. The first kappa shape index (κ1) is 18.2. The number of methoxy groups -OCH3 is 1. The van der Waals surface area contributed by atoms with Crippen molar-refractivity contribution in [3.05, 3.63) is 77.4 Å². The maximum Gasteiger partial charge on any atom is 0.122 e. The zero-order valence-corrected chi connectivity index (χ0v) is 15.9. The molecule has 3 nitrogen and oxygen atoms in total. The molecule has 0 aromatic heterocycles. The van der Waals surface area contributed by atoms with Gasteiger partial charge in [-0.15, -0.1) is 0 Å². The summed E-state index contributed by atoms with van der Waals surface area (Å²) in [5.74, 6) is 1.46. The van der Waals surface area contributed by atoms with E-state index in [1.807, 2.05) is 55.5 Å². The standard InChI is InChI=1S/C22H22O3S/c1-14-12-20(26-19-10-6-17(23)7-11-19)13-21(22(14)24)15(2)16-4-8-18(25-3)9-5-16/h4-13,15,23-24H,1-3H3. The van der Waals surface area contributed by atoms with Crippen LogP contribution in [0.2, 0.25) is 0 Å². The Morgan fingerprint density at radius 2 is 1.54 bits per heavy atom. The molecule has 3 aromatic carbocycles. The Morgan fingerprint density at radius 1 is 0.885 bits per heavy atom. The molecule has 1 atom stereocenters. The van der Waals surface area contributed by atoms with Crippen LogP contribution in [-0.4, -0.2) is 17.3 Å². The van der Waals surface area contributed by atoms with Crippen LogP contribution in [0, 0.1) is 6.92 Å². The third-order valence-corrected chi connectivity index (χ3v) is 5.44. The van der Waals surface area contributed by atoms with Gasteiger partial charge in [0.15, 0.2) is 0 Å². The summed E-state index contributed by atoms with van der Waals surface area (Å²) in [7, 11) is 1.65. The van der Waals surface area contributed by atoms with Crippen LogP contribution in [0.15, 0.2) is 70.5 Å². The Bertz CT molecular complexity index is 887. The Balaban J connectivity index is 1.92. The van der Waals surface area contributed by atoms with Crippen molar-refractivity contribution in [1.82, 2.24) is 0 Å². The van der Waals surface area contributed by atoms with Crippen molar-refractivity contribution in [2.75, 3.05) is 7.11 Å². The molecule has 0 aliphatic carbocycles. The first-order chi connectivity index (χ1) is 12.5. The van der Waals surface area contributed by atoms with E-state index < -0.39 is 0 Å². The second kappa shape index (κ2) is 7.75. The highest BCUT2D eigenvalue weighted by Crippen LogP contribution is 2.39. The quantitative estimate of drug-likeness (QED) is 0.606. The highest BCUT2D eigenvalue weighted by atomic mass is 32.2. The lowest BCUT2D eigenvalue weighted by molar-refractivity contribution is 0.414. The minimum Gasteiger partial charge on any atom is -0.508 e. The van der Waals surface area contributed by atoms with Gasteiger partial charge in [0.25, 0.3) is 0 Å². The highest BCUT2D eigenvalue weighted by Gasteiger charge is 2.16. The molecule has 0 radical (unpaired) electrons. The second-order valence-electron chi connectivity index (χ2n) is 6.27. The summed E-state index contributed by atoms with van der Waals surface area (Å²) >= 11 is 1.61. The fourth-order valence-corrected chi connectivity index (χ4v) is 3.85. The van der Waals surface area contributed by atoms with Gasteiger partial charge in [0.1, 0.15) is 17.2 Å². The molecule has 4 heteroatoms. The fourth-order valence-electron chi connectivity index (χ4n) is 2.88. The molecule has 0 spiro atoms. The number of hydrogen-bond donors (Lipinski definition) is 2. The van der Waals surface area contributed by atoms with E-state index in [4.69, 9.17) is 4.74 Å². The van der Waals surface area contributed by atoms with E-state index in [0.29, 0.717) is 5.75 Å². The lowest BCUT2D eigenvalue weighted by Gasteiger charge is -2.17. The highest BCUT2D eigenvalue weighted by molar-refractivity contribution is 7.99. The number of hydrogen-bond acceptors (Lipinski definition) is 4. The Labute approximate surface area is 158 Å². The smallest absolute Gasteiger partial charge is 0.122 e. The van der Waals surface area contributed by atoms with Gasteiger partial charge >= 0.3 is 0 Å². The van der Waals surface area contributed by atoms with Crippen molar-refractivity contribution in [3.63, 3.8) is 0 Å². The maximum atomic E-state index is 10.6. The number of benzene rings is 3. The number of aryl methyl sites for hydroxylation is 1. The van der Waals surface area contributed by atoms with Crippen molar-refractivity contribution in [2.24, 2.45) is 0 Å². The van der Waals surface area contributed by atoms with Gasteiger partial charge in [-0.05, 0) is 66.6 Å². The number of aromatic hydroxyl groups is 2. The van der Waals surface area contributed by atoms with E-state index >= 15 is 0 Å². The monoisotopic (exact) mass is 366 g/mol. The molecule has 3 aromatic rings. The summed E-state index contributed by atoms with van der Waals surface area (Å²) in [6.07, 6.45) is 0. The van der Waals surface area contributed by atoms with Crippen molar-refractivity contribution in [1.29, 1.82) is 0 Å². The average molecular weight is 366 g/mol. The molecule has 0 aliphatic rings. The third kappa shape index (κ3) is 3.97. The summed E-state index contributed by atoms with van der Waals surface area (Å²) in [5.41, 5.74) is 2.87. The SMILES string of the molecule is COc1ccc(C(C)c2cc(Sc3ccc(O)cc3)cc(C)c2O)cc1. The van der Waals surface area contributed by atoms with Gasteiger partial charge in [-0.25, -0.2) is 0 Å². The van der Waals surface area contributed by atoms with Gasteiger partial charge in [-0.1, -0.05) is 30.8 Å². The lowest BCUT2D eigenvalue weighted by atomic mass is 9.91. The fraction of sp³-hybridized carbons (Fsp3) is 0.182. The van der Waals surface area contributed by atoms with Crippen LogP contribution in [0.1, 0.15) is 29.5 Å². The van der Waals surface area contributed by atoms with E-state index in [2.05, 4.69) is 6.92 Å². The van der Waals surface area contributed by atoms with Crippen molar-refractivity contribution >= 4 is 11.8 Å². The van der Waals surface area contributed by atoms with Gasteiger partial charge in [-0.2, -0.15) is 0 Å². The summed E-state index contributed by atoms with van der Waals surface area (Å²) in [6.45, 7) is 4.01. The van der Waals surface area contributed by atoms with Crippen LogP contribution >= 0.6 is 11.8 Å². The number of rotatable bonds is 5. The van der Waals surface area contributed by atoms with Gasteiger partial charge < -0.3 is 14.9 Å². The molecule has 1 unspecified atom stereocenters. The zero-order valence-electron chi connectivity index (χ0n) is 15.1. The summed E-state index contributed by atoms with van der Waals surface area (Å²) in [4.78, 5) is 2.09. The van der Waals surface area contributed by atoms with Gasteiger partial charge in [0.05, 0.1) is 7.11 Å². The van der Waals surface area contributed by atoms with Crippen LogP contribution in [-0.2, 0) is 0 Å². The number of phenolic OH excluding ortho intramolecular Hbond substituents is 2. The molecule has 0 heterocycles. The molecule has 0 saturated heterocycles. The summed E-state index contributed by atoms with van der Waals surface area (Å²) < 4.78 is 5.22. The predicted octanol–water partition coefficient (Wildman–Crippen LogP) is 5.72. The largest absolute Gasteiger partial charge is 0.508 e. The van der Waals surface area contributed by atoms with Crippen LogP contribution in [0.4, 0.5) is 0 Å². The number of ether oxygens (including phenoxy) is 1. The first-order valence-electron chi connectivity index (χ1n) is 8.42. The molecule has 2 N–H and O–H groups in total. The van der Waals surface area contributed by atoms with Gasteiger partial charge in [0.2, 0.25) is 0 Å². The molecule has 0 fully saturated rings. The molecule has 0 aliphatic heterocycles. The Morgan fingerprint density at radius 3 is 2.15 bits per heavy atom. The van der Waals surface area contributed by atoms with E-state index in [1.54, 1.807) is 31.0 Å². The van der Waals surface area contributed by atoms with Crippen LogP contribution in [0.5, 0.6) is 17.2 Å². The molecule has 0 saturated carbocycles. The van der Waals surface area contributed by atoms with Crippen LogP contribution in [0.3, 0.4) is 0 Å². The molecule has 0 amide bonds. The second-order valence-corrected chi connectivity index (χ2v) is 7.42. The van der Waals surface area contributed by atoms with E-state index in [9.17, 15) is 10.2 Å². The Hall–Kier alpha value is -2.59. The molecule has 134 valence electrons. The topological polar surface area (TPSA) is 49.7 Å². The van der Waals surface area contributed by atoms with E-state index in [0.717, 1.165) is 32.2 Å². The minimum absolute atomic E-state index is 0.0555. The Kier molecular flexibility index (Phi) is 5.43. The maximum absolute atomic E-state index is 10.6. The molecule has 0 bridgehead atoms. The van der Waals surface area contributed by atoms with Gasteiger partial charge in [-0.3, -0.25) is 0 Å². The minimum atomic E-state index is 0.0555. The molecular weight excluding hydrogens is 344 g/mol. The van der Waals surface area contributed by atoms with E-state index in [1.165, 1.54) is 0 Å². The average Bonchev–Trinajstić information content (AvgIpc) is 2.66. The van der Waals surface area contributed by atoms with Crippen molar-refractivity contribution in [3.8, 4) is 17.2 Å².